The minimum absolute atomic E-state index is 0.540. The summed E-state index contributed by atoms with van der Waals surface area (Å²) >= 11 is 0. The molecule has 1 rings (SSSR count). The molecule has 1 aliphatic carbocycles. The van der Waals surface area contributed by atoms with Crippen molar-refractivity contribution in [1.29, 1.82) is 0 Å². The molecule has 0 saturated heterocycles. The number of aliphatic hydroxyl groups is 2. The van der Waals surface area contributed by atoms with Crippen molar-refractivity contribution in [2.75, 3.05) is 0 Å². The van der Waals surface area contributed by atoms with Crippen LogP contribution in [-0.4, -0.2) is 21.9 Å². The Morgan fingerprint density at radius 3 is 2.33 bits per heavy atom. The van der Waals surface area contributed by atoms with E-state index in [1.54, 1.807) is 6.08 Å². The second-order valence-corrected chi connectivity index (χ2v) is 6.31. The van der Waals surface area contributed by atoms with E-state index in [4.69, 9.17) is 0 Å². The van der Waals surface area contributed by atoms with Gasteiger partial charge in [-0.15, -0.1) is 0 Å². The predicted molar refractivity (Wildman–Crippen MR) is 76.3 cm³/mol. The van der Waals surface area contributed by atoms with Gasteiger partial charge in [-0.05, 0) is 43.1 Å². The Kier molecular flexibility index (Phi) is 5.61. The van der Waals surface area contributed by atoms with E-state index in [0.29, 0.717) is 18.3 Å². The number of allylic oxidation sites excluding steroid dienone is 2. The van der Waals surface area contributed by atoms with E-state index in [2.05, 4.69) is 27.7 Å². The highest BCUT2D eigenvalue weighted by Gasteiger charge is 2.38. The molecule has 0 aromatic carbocycles. The fraction of sp³-hybridized carbons (Fsp3) is 0.750. The SMILES string of the molecule is CC(C)CCC1=CC=CC(O)C1(O)CCC(C)C. The van der Waals surface area contributed by atoms with Crippen molar-refractivity contribution in [2.24, 2.45) is 11.8 Å². The third-order valence-corrected chi connectivity index (χ3v) is 3.73. The molecule has 0 radical (unpaired) electrons. The zero-order valence-electron chi connectivity index (χ0n) is 12.2. The topological polar surface area (TPSA) is 40.5 Å². The van der Waals surface area contributed by atoms with E-state index in [9.17, 15) is 10.2 Å². The van der Waals surface area contributed by atoms with Crippen LogP contribution in [0, 0.1) is 11.8 Å². The number of hydrogen-bond donors (Lipinski definition) is 2. The van der Waals surface area contributed by atoms with E-state index in [-0.39, 0.29) is 0 Å². The van der Waals surface area contributed by atoms with Gasteiger partial charge in [0.2, 0.25) is 0 Å². The summed E-state index contributed by atoms with van der Waals surface area (Å²) in [5, 5.41) is 20.9. The Balaban J connectivity index is 2.75. The molecule has 0 bridgehead atoms. The molecule has 0 fully saturated rings. The molecule has 0 aromatic rings. The quantitative estimate of drug-likeness (QED) is 0.760. The van der Waals surface area contributed by atoms with Gasteiger partial charge in [-0.25, -0.2) is 0 Å². The van der Waals surface area contributed by atoms with Gasteiger partial charge in [0.15, 0.2) is 0 Å². The molecule has 1 aliphatic rings. The van der Waals surface area contributed by atoms with E-state index >= 15 is 0 Å². The van der Waals surface area contributed by atoms with Crippen LogP contribution in [0.5, 0.6) is 0 Å². The molecule has 18 heavy (non-hydrogen) atoms. The molecule has 104 valence electrons. The van der Waals surface area contributed by atoms with Crippen LogP contribution in [0.15, 0.2) is 23.8 Å². The van der Waals surface area contributed by atoms with Crippen molar-refractivity contribution < 1.29 is 10.2 Å². The van der Waals surface area contributed by atoms with Crippen LogP contribution < -0.4 is 0 Å². The molecule has 0 aromatic heterocycles. The minimum Gasteiger partial charge on any atom is -0.386 e. The summed E-state index contributed by atoms with van der Waals surface area (Å²) in [4.78, 5) is 0. The first kappa shape index (κ1) is 15.5. The molecule has 0 heterocycles. The average Bonchev–Trinajstić information content (AvgIpc) is 2.28. The van der Waals surface area contributed by atoms with Crippen LogP contribution in [0.4, 0.5) is 0 Å². The van der Waals surface area contributed by atoms with Crippen LogP contribution in [0.3, 0.4) is 0 Å². The van der Waals surface area contributed by atoms with Crippen molar-refractivity contribution in [3.8, 4) is 0 Å². The fourth-order valence-corrected chi connectivity index (χ4v) is 2.33. The minimum atomic E-state index is -1.05. The molecule has 2 N–H and O–H groups in total. The maximum atomic E-state index is 10.8. The zero-order valence-corrected chi connectivity index (χ0v) is 12.2. The second-order valence-electron chi connectivity index (χ2n) is 6.31. The summed E-state index contributed by atoms with van der Waals surface area (Å²) in [6, 6.07) is 0. The highest BCUT2D eigenvalue weighted by Crippen LogP contribution is 2.35. The number of aliphatic hydroxyl groups excluding tert-OH is 1. The molecule has 0 saturated carbocycles. The predicted octanol–water partition coefficient (Wildman–Crippen LogP) is 3.45. The Morgan fingerprint density at radius 2 is 1.78 bits per heavy atom. The number of hydrogen-bond acceptors (Lipinski definition) is 2. The Morgan fingerprint density at radius 1 is 1.17 bits per heavy atom. The third kappa shape index (κ3) is 3.96. The Labute approximate surface area is 111 Å². The molecule has 0 spiro atoms. The molecule has 2 unspecified atom stereocenters. The van der Waals surface area contributed by atoms with Crippen molar-refractivity contribution in [3.05, 3.63) is 23.8 Å². The van der Waals surface area contributed by atoms with Crippen LogP contribution in [-0.2, 0) is 0 Å². The van der Waals surface area contributed by atoms with Gasteiger partial charge in [-0.2, -0.15) is 0 Å². The van der Waals surface area contributed by atoms with Gasteiger partial charge in [0.1, 0.15) is 11.7 Å². The summed E-state index contributed by atoms with van der Waals surface area (Å²) in [7, 11) is 0. The van der Waals surface area contributed by atoms with Crippen LogP contribution >= 0.6 is 0 Å². The van der Waals surface area contributed by atoms with E-state index < -0.39 is 11.7 Å². The van der Waals surface area contributed by atoms with Gasteiger partial charge in [0.25, 0.3) is 0 Å². The van der Waals surface area contributed by atoms with Gasteiger partial charge < -0.3 is 10.2 Å². The van der Waals surface area contributed by atoms with Gasteiger partial charge in [0.05, 0.1) is 0 Å². The van der Waals surface area contributed by atoms with Crippen molar-refractivity contribution >= 4 is 0 Å². The van der Waals surface area contributed by atoms with E-state index in [1.807, 2.05) is 12.2 Å². The van der Waals surface area contributed by atoms with E-state index in [0.717, 1.165) is 24.8 Å². The van der Waals surface area contributed by atoms with Gasteiger partial charge in [0, 0.05) is 0 Å². The first-order chi connectivity index (χ1) is 8.36. The zero-order chi connectivity index (χ0) is 13.8. The van der Waals surface area contributed by atoms with Crippen LogP contribution in [0.1, 0.15) is 53.4 Å². The molecule has 0 aliphatic heterocycles. The molecular formula is C16H28O2. The fourth-order valence-electron chi connectivity index (χ4n) is 2.33. The lowest BCUT2D eigenvalue weighted by atomic mass is 9.77. The summed E-state index contributed by atoms with van der Waals surface area (Å²) in [6.45, 7) is 8.66. The first-order valence-electron chi connectivity index (χ1n) is 7.14. The molecule has 2 atom stereocenters. The lowest BCUT2D eigenvalue weighted by molar-refractivity contribution is -0.0363. The molecule has 2 heteroatoms. The Hall–Kier alpha value is -0.600. The molecular weight excluding hydrogens is 224 g/mol. The monoisotopic (exact) mass is 252 g/mol. The lowest BCUT2D eigenvalue weighted by Crippen LogP contribution is -2.44. The first-order valence-corrected chi connectivity index (χ1v) is 7.14. The largest absolute Gasteiger partial charge is 0.386 e. The smallest absolute Gasteiger partial charge is 0.115 e. The van der Waals surface area contributed by atoms with Crippen molar-refractivity contribution in [2.45, 2.75) is 65.1 Å². The average molecular weight is 252 g/mol. The van der Waals surface area contributed by atoms with E-state index in [1.165, 1.54) is 0 Å². The Bertz CT molecular complexity index is 315. The third-order valence-electron chi connectivity index (χ3n) is 3.73. The van der Waals surface area contributed by atoms with Gasteiger partial charge >= 0.3 is 0 Å². The normalized spacial score (nSPS) is 28.0. The highest BCUT2D eigenvalue weighted by atomic mass is 16.3. The lowest BCUT2D eigenvalue weighted by Gasteiger charge is -2.37. The number of rotatable bonds is 6. The standard InChI is InChI=1S/C16H28O2/c1-12(2)8-9-14-6-5-7-15(17)16(14,18)11-10-13(3)4/h5-7,12-13,15,17-18H,8-11H2,1-4H3. The molecule has 0 amide bonds. The maximum absolute atomic E-state index is 10.8. The summed E-state index contributed by atoms with van der Waals surface area (Å²) in [6.07, 6.45) is 8.27. The van der Waals surface area contributed by atoms with Crippen LogP contribution in [0.25, 0.3) is 0 Å². The molecule has 2 nitrogen and oxygen atoms in total. The highest BCUT2D eigenvalue weighted by molar-refractivity contribution is 5.31. The van der Waals surface area contributed by atoms with Gasteiger partial charge in [-0.3, -0.25) is 0 Å². The summed E-state index contributed by atoms with van der Waals surface area (Å²) < 4.78 is 0. The van der Waals surface area contributed by atoms with Gasteiger partial charge in [-0.1, -0.05) is 45.9 Å². The summed E-state index contributed by atoms with van der Waals surface area (Å²) in [5.74, 6) is 1.15. The second kappa shape index (κ2) is 6.53. The maximum Gasteiger partial charge on any atom is 0.115 e. The summed E-state index contributed by atoms with van der Waals surface area (Å²) in [5.41, 5.74) is -0.0553. The van der Waals surface area contributed by atoms with Crippen molar-refractivity contribution in [3.63, 3.8) is 0 Å². The van der Waals surface area contributed by atoms with Crippen LogP contribution in [0.2, 0.25) is 0 Å². The van der Waals surface area contributed by atoms with Crippen molar-refractivity contribution in [1.82, 2.24) is 0 Å².